The Morgan fingerprint density at radius 2 is 1.38 bits per heavy atom. The molecule has 2 aromatic carbocycles. The van der Waals surface area contributed by atoms with Crippen molar-refractivity contribution in [1.82, 2.24) is 0 Å². The van der Waals surface area contributed by atoms with Crippen molar-refractivity contribution in [2.45, 2.75) is 44.3 Å². The summed E-state index contributed by atoms with van der Waals surface area (Å²) in [6, 6.07) is 14.3. The average molecular weight is 348 g/mol. The van der Waals surface area contributed by atoms with Crippen molar-refractivity contribution in [1.29, 1.82) is 0 Å². The molecule has 0 heterocycles. The van der Waals surface area contributed by atoms with Gasteiger partial charge < -0.3 is 9.47 Å². The van der Waals surface area contributed by atoms with E-state index in [4.69, 9.17) is 9.47 Å². The zero-order valence-electron chi connectivity index (χ0n) is 14.7. The van der Waals surface area contributed by atoms with E-state index in [0.29, 0.717) is 5.75 Å². The van der Waals surface area contributed by atoms with Gasteiger partial charge >= 0.3 is 0 Å². The zero-order valence-corrected chi connectivity index (χ0v) is 15.6. The van der Waals surface area contributed by atoms with Crippen molar-refractivity contribution >= 4 is 9.84 Å². The largest absolute Gasteiger partial charge is 0.491 e. The lowest BCUT2D eigenvalue weighted by Gasteiger charge is -2.27. The van der Waals surface area contributed by atoms with E-state index >= 15 is 0 Å². The molecule has 0 aliphatic carbocycles. The van der Waals surface area contributed by atoms with Crippen LogP contribution in [0.3, 0.4) is 0 Å². The third kappa shape index (κ3) is 4.74. The first kappa shape index (κ1) is 18.3. The van der Waals surface area contributed by atoms with Crippen LogP contribution < -0.4 is 9.47 Å². The van der Waals surface area contributed by atoms with Crippen LogP contribution in [-0.2, 0) is 15.4 Å². The van der Waals surface area contributed by atoms with Gasteiger partial charge in [-0.05, 0) is 69.7 Å². The molecule has 0 aliphatic rings. The third-order valence-electron chi connectivity index (χ3n) is 3.55. The van der Waals surface area contributed by atoms with Crippen LogP contribution >= 0.6 is 0 Å². The summed E-state index contributed by atoms with van der Waals surface area (Å²) in [6.45, 7) is 7.91. The highest BCUT2D eigenvalue weighted by atomic mass is 32.2. The topological polar surface area (TPSA) is 52.6 Å². The Labute approximate surface area is 144 Å². The summed E-state index contributed by atoms with van der Waals surface area (Å²) in [5, 5.41) is 0. The Balaban J connectivity index is 2.15. The van der Waals surface area contributed by atoms with Gasteiger partial charge in [0.05, 0.1) is 11.0 Å². The molecule has 0 amide bonds. The minimum Gasteiger partial charge on any atom is -0.491 e. The first-order valence-corrected chi connectivity index (χ1v) is 9.73. The van der Waals surface area contributed by atoms with Gasteiger partial charge in [0.1, 0.15) is 17.1 Å². The quantitative estimate of drug-likeness (QED) is 0.785. The van der Waals surface area contributed by atoms with Crippen molar-refractivity contribution in [3.63, 3.8) is 0 Å². The van der Waals surface area contributed by atoms with Crippen LogP contribution in [-0.4, -0.2) is 20.8 Å². The van der Waals surface area contributed by atoms with Gasteiger partial charge in [0.15, 0.2) is 9.84 Å². The molecule has 2 aromatic rings. The summed E-state index contributed by atoms with van der Waals surface area (Å²) < 4.78 is 34.7. The number of sulfone groups is 1. The lowest BCUT2D eigenvalue weighted by atomic mass is 9.98. The Morgan fingerprint density at radius 1 is 0.875 bits per heavy atom. The van der Waals surface area contributed by atoms with Gasteiger partial charge in [-0.25, -0.2) is 8.42 Å². The van der Waals surface area contributed by atoms with Gasteiger partial charge in [0, 0.05) is 6.26 Å². The molecule has 0 saturated heterocycles. The SMILES string of the molecule is CC(C)Oc1ccc(C(C)(C)Oc2ccc(S(C)(=O)=O)cc2)cc1. The fourth-order valence-corrected chi connectivity index (χ4v) is 2.95. The molecule has 0 bridgehead atoms. The molecule has 0 unspecified atom stereocenters. The summed E-state index contributed by atoms with van der Waals surface area (Å²) >= 11 is 0. The molecule has 0 aliphatic heterocycles. The van der Waals surface area contributed by atoms with E-state index in [1.165, 1.54) is 6.26 Å². The van der Waals surface area contributed by atoms with Gasteiger partial charge in [0.2, 0.25) is 0 Å². The van der Waals surface area contributed by atoms with Crippen LogP contribution in [0.25, 0.3) is 0 Å². The zero-order chi connectivity index (χ0) is 18.0. The number of hydrogen-bond acceptors (Lipinski definition) is 4. The lowest BCUT2D eigenvalue weighted by Crippen LogP contribution is -2.25. The molecule has 5 heteroatoms. The monoisotopic (exact) mass is 348 g/mol. The molecule has 130 valence electrons. The first-order chi connectivity index (χ1) is 11.1. The predicted octanol–water partition coefficient (Wildman–Crippen LogP) is 4.19. The summed E-state index contributed by atoms with van der Waals surface area (Å²) in [6.07, 6.45) is 1.32. The van der Waals surface area contributed by atoms with Crippen molar-refractivity contribution in [2.75, 3.05) is 6.26 Å². The highest BCUT2D eigenvalue weighted by Gasteiger charge is 2.23. The van der Waals surface area contributed by atoms with Gasteiger partial charge in [-0.3, -0.25) is 0 Å². The lowest BCUT2D eigenvalue weighted by molar-refractivity contribution is 0.108. The van der Waals surface area contributed by atoms with Crippen molar-refractivity contribution in [3.8, 4) is 11.5 Å². The molecule has 0 atom stereocenters. The highest BCUT2D eigenvalue weighted by Crippen LogP contribution is 2.29. The van der Waals surface area contributed by atoms with Gasteiger partial charge in [-0.2, -0.15) is 0 Å². The highest BCUT2D eigenvalue weighted by molar-refractivity contribution is 7.90. The van der Waals surface area contributed by atoms with Crippen LogP contribution in [0.15, 0.2) is 53.4 Å². The molecule has 0 saturated carbocycles. The fourth-order valence-electron chi connectivity index (χ4n) is 2.32. The maximum Gasteiger partial charge on any atom is 0.175 e. The second-order valence-corrected chi connectivity index (χ2v) is 8.56. The fraction of sp³-hybridized carbons (Fsp3) is 0.368. The van der Waals surface area contributed by atoms with E-state index in [0.717, 1.165) is 11.3 Å². The van der Waals surface area contributed by atoms with Crippen LogP contribution in [0, 0.1) is 0 Å². The number of rotatable bonds is 6. The van der Waals surface area contributed by atoms with Crippen LogP contribution in [0.5, 0.6) is 11.5 Å². The van der Waals surface area contributed by atoms with Gasteiger partial charge in [-0.15, -0.1) is 0 Å². The summed E-state index contributed by atoms with van der Waals surface area (Å²) in [7, 11) is -3.20. The Morgan fingerprint density at radius 3 is 1.83 bits per heavy atom. The van der Waals surface area contributed by atoms with Crippen molar-refractivity contribution in [2.24, 2.45) is 0 Å². The Kier molecular flexibility index (Phi) is 5.23. The van der Waals surface area contributed by atoms with Crippen LogP contribution in [0.4, 0.5) is 0 Å². The molecule has 4 nitrogen and oxygen atoms in total. The normalized spacial score (nSPS) is 12.2. The number of benzene rings is 2. The van der Waals surface area contributed by atoms with E-state index in [9.17, 15) is 8.42 Å². The second-order valence-electron chi connectivity index (χ2n) is 6.55. The summed E-state index contributed by atoms with van der Waals surface area (Å²) in [5.74, 6) is 1.44. The molecule has 0 N–H and O–H groups in total. The molecule has 0 spiro atoms. The van der Waals surface area contributed by atoms with Crippen LogP contribution in [0.2, 0.25) is 0 Å². The van der Waals surface area contributed by atoms with Crippen LogP contribution in [0.1, 0.15) is 33.3 Å². The smallest absolute Gasteiger partial charge is 0.175 e. The maximum atomic E-state index is 11.5. The summed E-state index contributed by atoms with van der Waals surface area (Å²) in [5.41, 5.74) is 0.453. The molecule has 0 fully saturated rings. The van der Waals surface area contributed by atoms with E-state index in [1.807, 2.05) is 52.0 Å². The Bertz CT molecular complexity index is 773. The third-order valence-corrected chi connectivity index (χ3v) is 4.67. The van der Waals surface area contributed by atoms with E-state index in [2.05, 4.69) is 0 Å². The molecule has 24 heavy (non-hydrogen) atoms. The van der Waals surface area contributed by atoms with Crippen molar-refractivity contribution < 1.29 is 17.9 Å². The average Bonchev–Trinajstić information content (AvgIpc) is 2.46. The first-order valence-electron chi connectivity index (χ1n) is 7.84. The predicted molar refractivity (Wildman–Crippen MR) is 95.4 cm³/mol. The number of hydrogen-bond donors (Lipinski definition) is 0. The van der Waals surface area contributed by atoms with E-state index in [1.54, 1.807) is 24.3 Å². The summed E-state index contributed by atoms with van der Waals surface area (Å²) in [4.78, 5) is 0.280. The van der Waals surface area contributed by atoms with E-state index < -0.39 is 15.4 Å². The standard InChI is InChI=1S/C19H24O4S/c1-14(2)22-16-8-6-15(7-9-16)19(3,4)23-17-10-12-18(13-11-17)24(5,20)21/h6-14H,1-5H3. The molecular weight excluding hydrogens is 324 g/mol. The van der Waals surface area contributed by atoms with E-state index in [-0.39, 0.29) is 11.0 Å². The molecular formula is C19H24O4S. The molecule has 0 radical (unpaired) electrons. The second kappa shape index (κ2) is 6.85. The molecule has 2 rings (SSSR count). The minimum atomic E-state index is -3.20. The van der Waals surface area contributed by atoms with Gasteiger partial charge in [0.25, 0.3) is 0 Å². The maximum absolute atomic E-state index is 11.5. The number of ether oxygens (including phenoxy) is 2. The minimum absolute atomic E-state index is 0.133. The van der Waals surface area contributed by atoms with Crippen molar-refractivity contribution in [3.05, 3.63) is 54.1 Å². The Hall–Kier alpha value is -2.01. The van der Waals surface area contributed by atoms with Gasteiger partial charge in [-0.1, -0.05) is 12.1 Å². The molecule has 0 aromatic heterocycles.